The monoisotopic (exact) mass is 268 g/mol. The van der Waals surface area contributed by atoms with Gasteiger partial charge in [-0.15, -0.1) is 0 Å². The Bertz CT molecular complexity index is 425. The van der Waals surface area contributed by atoms with Gasteiger partial charge in [0.25, 0.3) is 5.91 Å². The smallest absolute Gasteiger partial charge is 0.253 e. The fraction of sp³-hybridized carbons (Fsp3) is 0.462. The van der Waals surface area contributed by atoms with Crippen LogP contribution in [-0.2, 0) is 9.53 Å². The van der Waals surface area contributed by atoms with Crippen molar-refractivity contribution in [1.82, 2.24) is 0 Å². The topological polar surface area (TPSA) is 55.6 Å². The van der Waals surface area contributed by atoms with Gasteiger partial charge in [-0.2, -0.15) is 0 Å². The number of nitrogens with zero attached hydrogens (tertiary/aromatic N) is 1. The number of carbonyl (C=O) groups excluding carboxylic acids is 1. The van der Waals surface area contributed by atoms with E-state index < -0.39 is 0 Å². The molecule has 98 valence electrons. The number of morpholine rings is 1. The Morgan fingerprint density at radius 3 is 2.94 bits per heavy atom. The van der Waals surface area contributed by atoms with Crippen LogP contribution >= 0.6 is 11.6 Å². The van der Waals surface area contributed by atoms with Gasteiger partial charge in [0.1, 0.15) is 6.61 Å². The summed E-state index contributed by atoms with van der Waals surface area (Å²) < 4.78 is 5.31. The van der Waals surface area contributed by atoms with Crippen LogP contribution in [0.2, 0.25) is 5.02 Å². The molecule has 1 unspecified atom stereocenters. The Morgan fingerprint density at radius 1 is 1.44 bits per heavy atom. The quantitative estimate of drug-likeness (QED) is 0.906. The maximum absolute atomic E-state index is 12.0. The molecular weight excluding hydrogens is 252 g/mol. The molecule has 0 saturated carbocycles. The highest BCUT2D eigenvalue weighted by molar-refractivity contribution is 6.33. The van der Waals surface area contributed by atoms with Crippen molar-refractivity contribution in [3.63, 3.8) is 0 Å². The van der Waals surface area contributed by atoms with Gasteiger partial charge in [-0.05, 0) is 31.5 Å². The van der Waals surface area contributed by atoms with Gasteiger partial charge in [0.05, 0.1) is 23.4 Å². The van der Waals surface area contributed by atoms with Gasteiger partial charge in [0.2, 0.25) is 0 Å². The van der Waals surface area contributed by atoms with Crippen molar-refractivity contribution in [3.05, 3.63) is 29.3 Å². The van der Waals surface area contributed by atoms with Crippen molar-refractivity contribution in [2.45, 2.75) is 18.9 Å². The van der Waals surface area contributed by atoms with Crippen LogP contribution in [0.4, 0.5) is 5.69 Å². The molecule has 2 N–H and O–H groups in total. The zero-order valence-corrected chi connectivity index (χ0v) is 10.9. The van der Waals surface area contributed by atoms with E-state index >= 15 is 0 Å². The molecule has 1 atom stereocenters. The highest BCUT2D eigenvalue weighted by atomic mass is 35.5. The SMILES string of the molecule is NCCCC1COCC(=O)N1c1ccccc1Cl. The Morgan fingerprint density at radius 2 is 2.22 bits per heavy atom. The summed E-state index contributed by atoms with van der Waals surface area (Å²) in [6.45, 7) is 1.27. The summed E-state index contributed by atoms with van der Waals surface area (Å²) in [6, 6.07) is 7.41. The van der Waals surface area contributed by atoms with Crippen LogP contribution in [0.25, 0.3) is 0 Å². The van der Waals surface area contributed by atoms with Crippen LogP contribution in [0.1, 0.15) is 12.8 Å². The van der Waals surface area contributed by atoms with E-state index in [1.807, 2.05) is 18.2 Å². The Balaban J connectivity index is 2.24. The van der Waals surface area contributed by atoms with Crippen LogP contribution in [0.5, 0.6) is 0 Å². The van der Waals surface area contributed by atoms with E-state index in [1.165, 1.54) is 0 Å². The van der Waals surface area contributed by atoms with Crippen LogP contribution in [0, 0.1) is 0 Å². The molecule has 0 aliphatic carbocycles. The molecule has 0 spiro atoms. The average molecular weight is 269 g/mol. The Hall–Kier alpha value is -1.10. The van der Waals surface area contributed by atoms with Gasteiger partial charge in [-0.3, -0.25) is 4.79 Å². The van der Waals surface area contributed by atoms with Gasteiger partial charge in [0.15, 0.2) is 0 Å². The minimum Gasteiger partial charge on any atom is -0.369 e. The van der Waals surface area contributed by atoms with Gasteiger partial charge in [0, 0.05) is 0 Å². The third-order valence-corrected chi connectivity index (χ3v) is 3.34. The summed E-state index contributed by atoms with van der Waals surface area (Å²) in [5, 5.41) is 0.588. The first-order valence-corrected chi connectivity index (χ1v) is 6.46. The van der Waals surface area contributed by atoms with Crippen LogP contribution < -0.4 is 10.6 Å². The van der Waals surface area contributed by atoms with Crippen molar-refractivity contribution in [2.24, 2.45) is 5.73 Å². The lowest BCUT2D eigenvalue weighted by Crippen LogP contribution is -2.50. The highest BCUT2D eigenvalue weighted by Crippen LogP contribution is 2.29. The number of amides is 1. The lowest BCUT2D eigenvalue weighted by atomic mass is 10.1. The van der Waals surface area contributed by atoms with Crippen LogP contribution in [-0.4, -0.2) is 31.7 Å². The average Bonchev–Trinajstić information content (AvgIpc) is 2.38. The lowest BCUT2D eigenvalue weighted by Gasteiger charge is -2.36. The Kier molecular flexibility index (Phi) is 4.58. The molecule has 18 heavy (non-hydrogen) atoms. The third-order valence-electron chi connectivity index (χ3n) is 3.02. The summed E-state index contributed by atoms with van der Waals surface area (Å²) in [5.41, 5.74) is 6.28. The fourth-order valence-corrected chi connectivity index (χ4v) is 2.40. The number of anilines is 1. The second-order valence-electron chi connectivity index (χ2n) is 4.32. The van der Waals surface area contributed by atoms with E-state index in [2.05, 4.69) is 0 Å². The lowest BCUT2D eigenvalue weighted by molar-refractivity contribution is -0.127. The largest absolute Gasteiger partial charge is 0.369 e. The van der Waals surface area contributed by atoms with E-state index in [1.54, 1.807) is 11.0 Å². The van der Waals surface area contributed by atoms with Crippen molar-refractivity contribution in [1.29, 1.82) is 0 Å². The van der Waals surface area contributed by atoms with Crippen LogP contribution in [0.3, 0.4) is 0 Å². The molecule has 1 amide bonds. The maximum atomic E-state index is 12.0. The molecule has 1 heterocycles. The number of hydrogen-bond donors (Lipinski definition) is 1. The summed E-state index contributed by atoms with van der Waals surface area (Å²) in [7, 11) is 0. The van der Waals surface area contributed by atoms with E-state index in [4.69, 9.17) is 22.1 Å². The van der Waals surface area contributed by atoms with Crippen LogP contribution in [0.15, 0.2) is 24.3 Å². The number of carbonyl (C=O) groups is 1. The normalized spacial score (nSPS) is 20.2. The fourth-order valence-electron chi connectivity index (χ4n) is 2.17. The molecule has 1 aliphatic heterocycles. The molecule has 1 saturated heterocycles. The zero-order valence-electron chi connectivity index (χ0n) is 10.1. The second kappa shape index (κ2) is 6.18. The number of hydrogen-bond acceptors (Lipinski definition) is 3. The molecule has 4 nitrogen and oxygen atoms in total. The molecule has 0 radical (unpaired) electrons. The zero-order chi connectivity index (χ0) is 13.0. The van der Waals surface area contributed by atoms with Crippen molar-refractivity contribution >= 4 is 23.2 Å². The number of halogens is 1. The predicted octanol–water partition coefficient (Wildman–Crippen LogP) is 1.81. The van der Waals surface area contributed by atoms with Gasteiger partial charge in [-0.1, -0.05) is 23.7 Å². The van der Waals surface area contributed by atoms with Gasteiger partial charge in [-0.25, -0.2) is 0 Å². The van der Waals surface area contributed by atoms with Gasteiger partial charge >= 0.3 is 0 Å². The van der Waals surface area contributed by atoms with E-state index in [-0.39, 0.29) is 18.6 Å². The highest BCUT2D eigenvalue weighted by Gasteiger charge is 2.30. The summed E-state index contributed by atoms with van der Waals surface area (Å²) in [6.07, 6.45) is 1.69. The number of nitrogens with two attached hydrogens (primary N) is 1. The number of para-hydroxylation sites is 1. The molecule has 1 fully saturated rings. The molecule has 5 heteroatoms. The number of benzene rings is 1. The first kappa shape index (κ1) is 13.3. The molecule has 1 aliphatic rings. The summed E-state index contributed by atoms with van der Waals surface area (Å²) >= 11 is 6.16. The summed E-state index contributed by atoms with van der Waals surface area (Å²) in [5.74, 6) is -0.0450. The molecule has 2 rings (SSSR count). The van der Waals surface area contributed by atoms with Crippen molar-refractivity contribution in [2.75, 3.05) is 24.7 Å². The van der Waals surface area contributed by atoms with E-state index in [0.717, 1.165) is 18.5 Å². The third kappa shape index (κ3) is 2.83. The van der Waals surface area contributed by atoms with Crippen molar-refractivity contribution in [3.8, 4) is 0 Å². The van der Waals surface area contributed by atoms with E-state index in [9.17, 15) is 4.79 Å². The first-order chi connectivity index (χ1) is 8.74. The van der Waals surface area contributed by atoms with Gasteiger partial charge < -0.3 is 15.4 Å². The van der Waals surface area contributed by atoms with E-state index in [0.29, 0.717) is 18.2 Å². The first-order valence-electron chi connectivity index (χ1n) is 6.08. The Labute approximate surface area is 112 Å². The number of ether oxygens (including phenoxy) is 1. The summed E-state index contributed by atoms with van der Waals surface area (Å²) in [4.78, 5) is 13.8. The number of rotatable bonds is 4. The minimum atomic E-state index is -0.0450. The maximum Gasteiger partial charge on any atom is 0.253 e. The van der Waals surface area contributed by atoms with Crippen molar-refractivity contribution < 1.29 is 9.53 Å². The predicted molar refractivity (Wildman–Crippen MR) is 71.8 cm³/mol. The molecular formula is C13H17ClN2O2. The molecule has 0 bridgehead atoms. The molecule has 1 aromatic rings. The molecule has 1 aromatic carbocycles. The second-order valence-corrected chi connectivity index (χ2v) is 4.72. The minimum absolute atomic E-state index is 0.0229. The molecule has 0 aromatic heterocycles. The standard InChI is InChI=1S/C13H17ClN2O2/c14-11-5-1-2-6-12(11)16-10(4-3-7-15)8-18-9-13(16)17/h1-2,5-6,10H,3-4,7-9,15H2.